The maximum atomic E-state index is 8.95. The van der Waals surface area contributed by atoms with Crippen LogP contribution in [0.25, 0.3) is 0 Å². The van der Waals surface area contributed by atoms with Crippen LogP contribution < -0.4 is 10.6 Å². The molecule has 0 bridgehead atoms. The van der Waals surface area contributed by atoms with Crippen LogP contribution in [-0.4, -0.2) is 36.9 Å². The smallest absolute Gasteiger partial charge is 0.109 e. The average molecular weight is 169 g/mol. The van der Waals surface area contributed by atoms with Crippen LogP contribution in [0.3, 0.4) is 0 Å². The minimum Gasteiger partial charge on any atom is -0.395 e. The molecule has 0 saturated carbocycles. The molecule has 0 unspecified atom stereocenters. The van der Waals surface area contributed by atoms with Gasteiger partial charge in [0.25, 0.3) is 0 Å². The summed E-state index contributed by atoms with van der Waals surface area (Å²) in [6.07, 6.45) is 1.65. The van der Waals surface area contributed by atoms with E-state index in [1.54, 1.807) is 0 Å². The Labute approximate surface area is 72.6 Å². The first-order valence-electron chi connectivity index (χ1n) is 4.31. The molecule has 1 fully saturated rings. The highest BCUT2D eigenvalue weighted by Crippen LogP contribution is 2.16. The molecular weight excluding hydrogens is 154 g/mol. The Hall–Kier alpha value is -0.630. The summed E-state index contributed by atoms with van der Waals surface area (Å²) in [7, 11) is 0. The van der Waals surface area contributed by atoms with Crippen molar-refractivity contribution in [3.05, 3.63) is 0 Å². The highest BCUT2D eigenvalue weighted by atomic mass is 16.3. The van der Waals surface area contributed by atoms with Gasteiger partial charge in [0.05, 0.1) is 12.7 Å². The van der Waals surface area contributed by atoms with E-state index >= 15 is 0 Å². The fourth-order valence-electron chi connectivity index (χ4n) is 1.48. The lowest BCUT2D eigenvalue weighted by molar-refractivity contribution is 0.249. The lowest BCUT2D eigenvalue weighted by Gasteiger charge is -2.31. The monoisotopic (exact) mass is 169 g/mol. The summed E-state index contributed by atoms with van der Waals surface area (Å²) in [6, 6.07) is 2.29. The molecule has 0 atom stereocenters. The van der Waals surface area contributed by atoms with Crippen LogP contribution >= 0.6 is 0 Å². The first-order chi connectivity index (χ1) is 5.83. The number of hydrogen-bond acceptors (Lipinski definition) is 4. The number of aliphatic hydroxyl groups is 1. The van der Waals surface area contributed by atoms with Crippen molar-refractivity contribution >= 4 is 0 Å². The molecule has 0 aliphatic carbocycles. The summed E-state index contributed by atoms with van der Waals surface area (Å²) in [5, 5.41) is 23.8. The number of rotatable bonds is 3. The molecule has 4 nitrogen and oxygen atoms in total. The zero-order valence-corrected chi connectivity index (χ0v) is 7.14. The van der Waals surface area contributed by atoms with Gasteiger partial charge < -0.3 is 10.4 Å². The molecule has 1 aliphatic rings. The second kappa shape index (κ2) is 4.41. The van der Waals surface area contributed by atoms with E-state index in [1.807, 2.05) is 0 Å². The molecule has 0 radical (unpaired) electrons. The summed E-state index contributed by atoms with van der Waals surface area (Å²) >= 11 is 0. The van der Waals surface area contributed by atoms with Crippen LogP contribution in [0.2, 0.25) is 0 Å². The molecule has 12 heavy (non-hydrogen) atoms. The van der Waals surface area contributed by atoms with Crippen LogP contribution in [0.5, 0.6) is 0 Å². The van der Waals surface area contributed by atoms with E-state index in [0.29, 0.717) is 6.54 Å². The SMILES string of the molecule is N#CC1(NCCO)CCNCC1. The van der Waals surface area contributed by atoms with E-state index in [0.717, 1.165) is 25.9 Å². The van der Waals surface area contributed by atoms with Crippen molar-refractivity contribution in [2.75, 3.05) is 26.2 Å². The predicted molar refractivity (Wildman–Crippen MR) is 45.5 cm³/mol. The summed E-state index contributed by atoms with van der Waals surface area (Å²) < 4.78 is 0. The molecule has 0 spiro atoms. The van der Waals surface area contributed by atoms with Gasteiger partial charge in [-0.15, -0.1) is 0 Å². The number of hydrogen-bond donors (Lipinski definition) is 3. The van der Waals surface area contributed by atoms with Gasteiger partial charge in [0.2, 0.25) is 0 Å². The van der Waals surface area contributed by atoms with Gasteiger partial charge in [-0.1, -0.05) is 0 Å². The van der Waals surface area contributed by atoms with Gasteiger partial charge in [-0.05, 0) is 25.9 Å². The van der Waals surface area contributed by atoms with E-state index in [4.69, 9.17) is 10.4 Å². The Morgan fingerprint density at radius 2 is 2.17 bits per heavy atom. The Morgan fingerprint density at radius 3 is 2.67 bits per heavy atom. The molecule has 0 aromatic carbocycles. The normalized spacial score (nSPS) is 21.7. The fourth-order valence-corrected chi connectivity index (χ4v) is 1.48. The number of β-amino-alcohol motifs (C(OH)–C–C–N with tert-alkyl or cyclic N) is 1. The van der Waals surface area contributed by atoms with E-state index in [2.05, 4.69) is 16.7 Å². The number of nitrogens with zero attached hydrogens (tertiary/aromatic N) is 1. The molecule has 3 N–H and O–H groups in total. The lowest BCUT2D eigenvalue weighted by Crippen LogP contribution is -2.52. The van der Waals surface area contributed by atoms with Crippen molar-refractivity contribution in [1.82, 2.24) is 10.6 Å². The van der Waals surface area contributed by atoms with E-state index in [-0.39, 0.29) is 6.61 Å². The highest BCUT2D eigenvalue weighted by molar-refractivity contribution is 5.09. The van der Waals surface area contributed by atoms with Crippen LogP contribution in [-0.2, 0) is 0 Å². The zero-order valence-electron chi connectivity index (χ0n) is 7.14. The summed E-state index contributed by atoms with van der Waals surface area (Å²) in [5.74, 6) is 0. The van der Waals surface area contributed by atoms with Crippen molar-refractivity contribution in [3.8, 4) is 6.07 Å². The Bertz CT molecular complexity index is 170. The average Bonchev–Trinajstić information content (AvgIpc) is 2.16. The second-order valence-corrected chi connectivity index (χ2v) is 3.09. The molecular formula is C8H15N3O. The van der Waals surface area contributed by atoms with Crippen molar-refractivity contribution in [3.63, 3.8) is 0 Å². The number of piperidine rings is 1. The molecule has 1 rings (SSSR count). The minimum atomic E-state index is -0.395. The van der Waals surface area contributed by atoms with Crippen molar-refractivity contribution < 1.29 is 5.11 Å². The lowest BCUT2D eigenvalue weighted by atomic mass is 9.90. The van der Waals surface area contributed by atoms with Crippen LogP contribution in [0, 0.1) is 11.3 Å². The Kier molecular flexibility index (Phi) is 3.48. The summed E-state index contributed by atoms with van der Waals surface area (Å²) in [4.78, 5) is 0. The fraction of sp³-hybridized carbons (Fsp3) is 0.875. The van der Waals surface area contributed by atoms with Crippen LogP contribution in [0.15, 0.2) is 0 Å². The van der Waals surface area contributed by atoms with Crippen molar-refractivity contribution in [1.29, 1.82) is 5.26 Å². The number of aliphatic hydroxyl groups excluding tert-OH is 1. The zero-order chi connectivity index (χ0) is 8.86. The van der Waals surface area contributed by atoms with E-state index in [1.165, 1.54) is 0 Å². The summed E-state index contributed by atoms with van der Waals surface area (Å²) in [5.41, 5.74) is -0.395. The first-order valence-corrected chi connectivity index (χ1v) is 4.31. The van der Waals surface area contributed by atoms with Gasteiger partial charge in [0.15, 0.2) is 0 Å². The Balaban J connectivity index is 2.44. The molecule has 1 saturated heterocycles. The van der Waals surface area contributed by atoms with Crippen molar-refractivity contribution in [2.45, 2.75) is 18.4 Å². The number of nitrogens with one attached hydrogen (secondary N) is 2. The molecule has 0 aromatic heterocycles. The third kappa shape index (κ3) is 2.18. The second-order valence-electron chi connectivity index (χ2n) is 3.09. The van der Waals surface area contributed by atoms with Gasteiger partial charge >= 0.3 is 0 Å². The van der Waals surface area contributed by atoms with Gasteiger partial charge in [-0.2, -0.15) is 5.26 Å². The quantitative estimate of drug-likeness (QED) is 0.518. The summed E-state index contributed by atoms with van der Waals surface area (Å²) in [6.45, 7) is 2.36. The molecule has 1 aliphatic heterocycles. The third-order valence-corrected chi connectivity index (χ3v) is 2.25. The number of nitriles is 1. The first kappa shape index (κ1) is 9.46. The molecule has 0 aromatic rings. The van der Waals surface area contributed by atoms with Gasteiger partial charge in [-0.3, -0.25) is 5.32 Å². The molecule has 0 amide bonds. The van der Waals surface area contributed by atoms with Gasteiger partial charge in [0, 0.05) is 6.54 Å². The minimum absolute atomic E-state index is 0.0941. The van der Waals surface area contributed by atoms with E-state index < -0.39 is 5.54 Å². The Morgan fingerprint density at radius 1 is 1.50 bits per heavy atom. The molecule has 4 heteroatoms. The maximum Gasteiger partial charge on any atom is 0.109 e. The largest absolute Gasteiger partial charge is 0.395 e. The van der Waals surface area contributed by atoms with Gasteiger partial charge in [0.1, 0.15) is 5.54 Å². The van der Waals surface area contributed by atoms with E-state index in [9.17, 15) is 0 Å². The highest BCUT2D eigenvalue weighted by Gasteiger charge is 2.30. The van der Waals surface area contributed by atoms with Crippen molar-refractivity contribution in [2.24, 2.45) is 0 Å². The third-order valence-electron chi connectivity index (χ3n) is 2.25. The predicted octanol–water partition coefficient (Wildman–Crippen LogP) is -0.786. The standard InChI is InChI=1S/C8H15N3O/c9-7-8(11-5-6-12)1-3-10-4-2-8/h10-12H,1-6H2. The topological polar surface area (TPSA) is 68.1 Å². The molecule has 68 valence electrons. The maximum absolute atomic E-state index is 8.95. The molecule has 1 heterocycles. The van der Waals surface area contributed by atoms with Gasteiger partial charge in [-0.25, -0.2) is 0 Å². The van der Waals surface area contributed by atoms with Crippen LogP contribution in [0.4, 0.5) is 0 Å². The van der Waals surface area contributed by atoms with Crippen LogP contribution in [0.1, 0.15) is 12.8 Å².